The van der Waals surface area contributed by atoms with E-state index in [1.165, 1.54) is 18.2 Å². The van der Waals surface area contributed by atoms with Gasteiger partial charge in [0.05, 0.1) is 0 Å². The molecule has 0 atom stereocenters. The highest BCUT2D eigenvalue weighted by atomic mass is 16.7. The molecule has 116 valence electrons. The lowest BCUT2D eigenvalue weighted by atomic mass is 10.0. The molecule has 0 aliphatic carbocycles. The second kappa shape index (κ2) is 8.97. The molecule has 0 saturated carbocycles. The van der Waals surface area contributed by atoms with Gasteiger partial charge in [-0.05, 0) is 25.0 Å². The molecule has 4 N–H and O–H groups in total. The van der Waals surface area contributed by atoms with Crippen molar-refractivity contribution in [2.75, 3.05) is 0 Å². The predicted octanol–water partition coefficient (Wildman–Crippen LogP) is 2.43. The van der Waals surface area contributed by atoms with Crippen molar-refractivity contribution in [1.82, 2.24) is 0 Å². The molecular formula is C15H21NO5. The number of hydrogen-bond acceptors (Lipinski definition) is 6. The molecule has 1 aromatic rings. The number of carbonyl (C=O) groups is 2. The Hall–Kier alpha value is -2.08. The van der Waals surface area contributed by atoms with Gasteiger partial charge in [-0.2, -0.15) is 5.90 Å². The number of phenols is 2. The maximum absolute atomic E-state index is 11.9. The van der Waals surface area contributed by atoms with Gasteiger partial charge in [0.1, 0.15) is 11.5 Å². The molecule has 0 aliphatic rings. The van der Waals surface area contributed by atoms with Crippen molar-refractivity contribution in [2.45, 2.75) is 44.9 Å². The van der Waals surface area contributed by atoms with Gasteiger partial charge >= 0.3 is 5.97 Å². The number of phenolic OH excluding ortho intramolecular Hbond substituents is 2. The zero-order valence-electron chi connectivity index (χ0n) is 11.9. The summed E-state index contributed by atoms with van der Waals surface area (Å²) < 4.78 is 0. The highest BCUT2D eigenvalue weighted by Gasteiger charge is 2.08. The largest absolute Gasteiger partial charge is 0.508 e. The molecule has 0 radical (unpaired) electrons. The molecule has 0 saturated heterocycles. The van der Waals surface area contributed by atoms with Gasteiger partial charge in [0.2, 0.25) is 0 Å². The van der Waals surface area contributed by atoms with E-state index in [-0.39, 0.29) is 17.3 Å². The second-order valence-corrected chi connectivity index (χ2v) is 4.92. The Balaban J connectivity index is 2.18. The van der Waals surface area contributed by atoms with Crippen molar-refractivity contribution >= 4 is 11.8 Å². The number of Topliss-reactive ketones (excluding diaryl/α,β-unsaturated/α-hetero) is 1. The van der Waals surface area contributed by atoms with Gasteiger partial charge in [-0.15, -0.1) is 0 Å². The number of nitrogens with two attached hydrogens (primary N) is 1. The quantitative estimate of drug-likeness (QED) is 0.366. The van der Waals surface area contributed by atoms with Crippen LogP contribution in [0.25, 0.3) is 0 Å². The van der Waals surface area contributed by atoms with Crippen LogP contribution in [0.4, 0.5) is 0 Å². The van der Waals surface area contributed by atoms with Crippen molar-refractivity contribution in [3.63, 3.8) is 0 Å². The second-order valence-electron chi connectivity index (χ2n) is 4.92. The summed E-state index contributed by atoms with van der Waals surface area (Å²) in [5, 5.41) is 18.6. The molecule has 0 bridgehead atoms. The molecule has 0 heterocycles. The van der Waals surface area contributed by atoms with Crippen molar-refractivity contribution in [1.29, 1.82) is 0 Å². The monoisotopic (exact) mass is 295 g/mol. The zero-order chi connectivity index (χ0) is 15.7. The van der Waals surface area contributed by atoms with Gasteiger partial charge in [-0.25, -0.2) is 0 Å². The maximum Gasteiger partial charge on any atom is 0.324 e. The minimum atomic E-state index is -0.408. The van der Waals surface area contributed by atoms with Crippen LogP contribution in [0, 0.1) is 0 Å². The van der Waals surface area contributed by atoms with E-state index < -0.39 is 5.97 Å². The first-order valence-corrected chi connectivity index (χ1v) is 6.98. The fourth-order valence-electron chi connectivity index (χ4n) is 2.04. The summed E-state index contributed by atoms with van der Waals surface area (Å²) in [5.41, 5.74) is 0.318. The molecule has 0 unspecified atom stereocenters. The Kier molecular flexibility index (Phi) is 7.25. The molecule has 1 aromatic carbocycles. The van der Waals surface area contributed by atoms with Crippen molar-refractivity contribution in [2.24, 2.45) is 5.90 Å². The van der Waals surface area contributed by atoms with Crippen LogP contribution in [0.15, 0.2) is 18.2 Å². The topological polar surface area (TPSA) is 110 Å². The normalized spacial score (nSPS) is 10.3. The lowest BCUT2D eigenvalue weighted by Crippen LogP contribution is -2.08. The average molecular weight is 295 g/mol. The summed E-state index contributed by atoms with van der Waals surface area (Å²) in [7, 11) is 0. The Labute approximate surface area is 123 Å². The summed E-state index contributed by atoms with van der Waals surface area (Å²) in [6, 6.07) is 3.88. The average Bonchev–Trinajstić information content (AvgIpc) is 2.44. The Morgan fingerprint density at radius 2 is 1.43 bits per heavy atom. The first-order chi connectivity index (χ1) is 10.0. The Bertz CT molecular complexity index is 467. The highest BCUT2D eigenvalue weighted by Crippen LogP contribution is 2.22. The lowest BCUT2D eigenvalue weighted by molar-refractivity contribution is -0.144. The summed E-state index contributed by atoms with van der Waals surface area (Å²) in [4.78, 5) is 26.7. The first kappa shape index (κ1) is 17.0. The van der Waals surface area contributed by atoms with Gasteiger partial charge in [0, 0.05) is 24.5 Å². The van der Waals surface area contributed by atoms with Gasteiger partial charge in [0.15, 0.2) is 5.78 Å². The lowest BCUT2D eigenvalue weighted by Gasteiger charge is -2.03. The van der Waals surface area contributed by atoms with Gasteiger partial charge in [-0.1, -0.05) is 19.3 Å². The van der Waals surface area contributed by atoms with Gasteiger partial charge in [0.25, 0.3) is 0 Å². The Morgan fingerprint density at radius 3 is 2.00 bits per heavy atom. The number of unbranched alkanes of at least 4 members (excludes halogenated alkanes) is 4. The van der Waals surface area contributed by atoms with Crippen LogP contribution in [0.2, 0.25) is 0 Å². The van der Waals surface area contributed by atoms with E-state index in [9.17, 15) is 19.8 Å². The van der Waals surface area contributed by atoms with E-state index in [1.54, 1.807) is 0 Å². The molecule has 0 aromatic heterocycles. The van der Waals surface area contributed by atoms with Crippen LogP contribution in [-0.4, -0.2) is 22.0 Å². The van der Waals surface area contributed by atoms with E-state index in [4.69, 9.17) is 5.90 Å². The third kappa shape index (κ3) is 6.76. The molecule has 0 aliphatic heterocycles. The number of benzene rings is 1. The summed E-state index contributed by atoms with van der Waals surface area (Å²) in [5.74, 6) is 3.97. The highest BCUT2D eigenvalue weighted by molar-refractivity contribution is 5.96. The molecule has 0 fully saturated rings. The van der Waals surface area contributed by atoms with Crippen LogP contribution in [0.1, 0.15) is 55.3 Å². The molecule has 1 rings (SSSR count). The van der Waals surface area contributed by atoms with E-state index >= 15 is 0 Å². The molecular weight excluding hydrogens is 274 g/mol. The van der Waals surface area contributed by atoms with E-state index in [1.807, 2.05) is 0 Å². The van der Waals surface area contributed by atoms with Crippen molar-refractivity contribution in [3.8, 4) is 11.5 Å². The number of ketones is 1. The molecule has 21 heavy (non-hydrogen) atoms. The minimum absolute atomic E-state index is 0.104. The van der Waals surface area contributed by atoms with Crippen LogP contribution >= 0.6 is 0 Å². The predicted molar refractivity (Wildman–Crippen MR) is 76.7 cm³/mol. The van der Waals surface area contributed by atoms with Gasteiger partial charge in [-0.3, -0.25) is 9.59 Å². The SMILES string of the molecule is NOC(=O)CCCCCCCC(=O)c1cc(O)cc(O)c1. The van der Waals surface area contributed by atoms with Crippen LogP contribution in [0.5, 0.6) is 11.5 Å². The van der Waals surface area contributed by atoms with Crippen molar-refractivity contribution in [3.05, 3.63) is 23.8 Å². The first-order valence-electron chi connectivity index (χ1n) is 6.98. The van der Waals surface area contributed by atoms with Gasteiger partial charge < -0.3 is 15.1 Å². The standard InChI is InChI=1S/C15H21NO5/c16-21-15(20)7-5-3-1-2-4-6-14(19)11-8-12(17)10-13(18)9-11/h8-10,17-18H,1-7,16H2. The third-order valence-electron chi connectivity index (χ3n) is 3.14. The fraction of sp³-hybridized carbons (Fsp3) is 0.467. The van der Waals surface area contributed by atoms with Crippen LogP contribution < -0.4 is 5.90 Å². The number of hydrogen-bond donors (Lipinski definition) is 3. The summed E-state index contributed by atoms with van der Waals surface area (Å²) in [6.07, 6.45) is 4.84. The van der Waals surface area contributed by atoms with Crippen LogP contribution in [-0.2, 0) is 9.63 Å². The van der Waals surface area contributed by atoms with Crippen LogP contribution in [0.3, 0.4) is 0 Å². The van der Waals surface area contributed by atoms with E-state index in [0.717, 1.165) is 32.1 Å². The third-order valence-corrected chi connectivity index (χ3v) is 3.14. The minimum Gasteiger partial charge on any atom is -0.508 e. The number of carbonyl (C=O) groups excluding carboxylic acids is 2. The molecule has 0 amide bonds. The zero-order valence-corrected chi connectivity index (χ0v) is 11.9. The van der Waals surface area contributed by atoms with Crippen molar-refractivity contribution < 1.29 is 24.6 Å². The smallest absolute Gasteiger partial charge is 0.324 e. The summed E-state index contributed by atoms with van der Waals surface area (Å²) >= 11 is 0. The Morgan fingerprint density at radius 1 is 0.905 bits per heavy atom. The fourth-order valence-corrected chi connectivity index (χ4v) is 2.04. The maximum atomic E-state index is 11.9. The molecule has 6 nitrogen and oxygen atoms in total. The van der Waals surface area contributed by atoms with E-state index in [0.29, 0.717) is 18.4 Å². The molecule has 6 heteroatoms. The van der Waals surface area contributed by atoms with E-state index in [2.05, 4.69) is 4.84 Å². The number of rotatable bonds is 9. The summed E-state index contributed by atoms with van der Waals surface area (Å²) in [6.45, 7) is 0. The molecule has 0 spiro atoms. The number of aromatic hydroxyl groups is 2.